The van der Waals surface area contributed by atoms with Gasteiger partial charge in [-0.25, -0.2) is 0 Å². The molecule has 0 atom stereocenters. The molecule has 0 spiro atoms. The first kappa shape index (κ1) is 50.0. The maximum atomic E-state index is 12.7. The standard InChI is InChI=1S/C55H47BN3S.C13H11FN.Ir/c1-53(2,3)32-21-23-44-38(27-32)39-28-34(55(7,8)9)30-41-51(39)58(44)46-25-31(26-48-50(46)56(41)40-29-33(54(4,5)6)22-24-47(40)60-48)35-16-14-17-37-49(35)36-15-10-12-19-43(36)59-45-20-13-11-18-42(45)57-52(37)59;1-9-7-13(15-8-10(9)2)11-3-5-12(14)6-4-11;/h10-16,18-30H,1-9H3;3,5-8H,1-2H3;/q2*-1;. The Morgan fingerprint density at radius 2 is 1.30 bits per heavy atom. The number of pyridine rings is 2. The van der Waals surface area contributed by atoms with E-state index in [9.17, 15) is 4.39 Å². The molecule has 0 unspecified atom stereocenters. The second kappa shape index (κ2) is 17.9. The van der Waals surface area contributed by atoms with E-state index in [2.05, 4.69) is 210 Å². The van der Waals surface area contributed by atoms with Crippen LogP contribution in [0.1, 0.15) is 90.1 Å². The van der Waals surface area contributed by atoms with Crippen LogP contribution in [0.2, 0.25) is 0 Å². The molecule has 0 N–H and O–H groups in total. The van der Waals surface area contributed by atoms with Gasteiger partial charge in [0, 0.05) is 69.4 Å². The van der Waals surface area contributed by atoms with E-state index in [1.165, 1.54) is 110 Å². The Hall–Kier alpha value is -6.83. The Morgan fingerprint density at radius 1 is 0.605 bits per heavy atom. The van der Waals surface area contributed by atoms with Crippen molar-refractivity contribution in [1.29, 1.82) is 0 Å². The molecule has 76 heavy (non-hydrogen) atoms. The van der Waals surface area contributed by atoms with Gasteiger partial charge in [-0.15, -0.1) is 48.0 Å². The average Bonchev–Trinajstić information content (AvgIpc) is 4.05. The van der Waals surface area contributed by atoms with Crippen molar-refractivity contribution in [2.24, 2.45) is 0 Å². The van der Waals surface area contributed by atoms with E-state index in [0.717, 1.165) is 44.4 Å². The van der Waals surface area contributed by atoms with Crippen LogP contribution < -0.4 is 16.4 Å². The fraction of sp³-hybridized carbons (Fsp3) is 0.206. The third-order valence-corrected chi connectivity index (χ3v) is 17.1. The molecule has 6 heterocycles. The van der Waals surface area contributed by atoms with Gasteiger partial charge in [-0.05, 0) is 135 Å². The van der Waals surface area contributed by atoms with Crippen molar-refractivity contribution in [2.75, 3.05) is 0 Å². The zero-order valence-electron chi connectivity index (χ0n) is 44.9. The van der Waals surface area contributed by atoms with Crippen LogP contribution in [0.3, 0.4) is 0 Å². The van der Waals surface area contributed by atoms with Gasteiger partial charge < -0.3 is 14.0 Å². The van der Waals surface area contributed by atoms with E-state index in [1.54, 1.807) is 6.07 Å². The second-order valence-corrected chi connectivity index (χ2v) is 25.1. The van der Waals surface area contributed by atoms with E-state index in [0.29, 0.717) is 0 Å². The number of hydrogen-bond acceptors (Lipinski definition) is 3. The summed E-state index contributed by atoms with van der Waals surface area (Å²) >= 11 is 1.94. The van der Waals surface area contributed by atoms with Crippen molar-refractivity contribution in [3.8, 4) is 28.1 Å². The molecule has 2 aliphatic heterocycles. The summed E-state index contributed by atoms with van der Waals surface area (Å²) < 4.78 is 17.6. The minimum Gasteiger partial charge on any atom is -0.333 e. The first-order valence-corrected chi connectivity index (χ1v) is 27.0. The third kappa shape index (κ3) is 7.97. The summed E-state index contributed by atoms with van der Waals surface area (Å²) in [6.07, 6.45) is 1.82. The van der Waals surface area contributed by atoms with E-state index in [4.69, 9.17) is 4.98 Å². The zero-order valence-corrected chi connectivity index (χ0v) is 48.1. The third-order valence-electron chi connectivity index (χ3n) is 15.9. The van der Waals surface area contributed by atoms with Crippen LogP contribution >= 0.6 is 11.8 Å². The largest absolute Gasteiger partial charge is 0.333 e. The van der Waals surface area contributed by atoms with Crippen LogP contribution in [-0.2, 0) is 36.4 Å². The van der Waals surface area contributed by atoms with Crippen LogP contribution in [-0.4, -0.2) is 25.6 Å². The maximum Gasteiger partial charge on any atom is 0.249 e. The second-order valence-electron chi connectivity index (χ2n) is 24.0. The molecule has 0 amide bonds. The average molecular weight is 1190 g/mol. The summed E-state index contributed by atoms with van der Waals surface area (Å²) in [5, 5.41) is 6.12. The van der Waals surface area contributed by atoms with Crippen molar-refractivity contribution >= 4 is 95.0 Å². The Morgan fingerprint density at radius 3 is 2.04 bits per heavy atom. The quantitative estimate of drug-likeness (QED) is 0.0983. The van der Waals surface area contributed by atoms with Crippen molar-refractivity contribution in [2.45, 2.75) is 102 Å². The van der Waals surface area contributed by atoms with Gasteiger partial charge in [-0.3, -0.25) is 9.37 Å². The molecule has 0 saturated heterocycles. The number of aryl methyl sites for hydroxylation is 2. The fourth-order valence-corrected chi connectivity index (χ4v) is 12.8. The molecule has 2 aliphatic rings. The number of rotatable bonds is 2. The van der Waals surface area contributed by atoms with Crippen molar-refractivity contribution < 1.29 is 24.5 Å². The van der Waals surface area contributed by atoms with Crippen molar-refractivity contribution in [3.63, 3.8) is 0 Å². The van der Waals surface area contributed by atoms with E-state index in [1.807, 2.05) is 37.9 Å². The molecule has 1 radical (unpaired) electrons. The monoisotopic (exact) mass is 1190 g/mol. The van der Waals surface area contributed by atoms with Gasteiger partial charge in [0.2, 0.25) is 6.71 Å². The number of halogens is 1. The first-order chi connectivity index (χ1) is 35.8. The van der Waals surface area contributed by atoms with Crippen LogP contribution in [0.15, 0.2) is 162 Å². The number of hydrogen-bond donors (Lipinski definition) is 0. The van der Waals surface area contributed by atoms with Gasteiger partial charge in [0.15, 0.2) is 0 Å². The molecule has 4 nitrogen and oxygen atoms in total. The molecular weight excluding hydrogens is 1130 g/mol. The summed E-state index contributed by atoms with van der Waals surface area (Å²) in [5.41, 5.74) is 22.9. The fourth-order valence-electron chi connectivity index (χ4n) is 11.7. The van der Waals surface area contributed by atoms with Gasteiger partial charge in [0.1, 0.15) is 0 Å². The maximum absolute atomic E-state index is 12.7. The van der Waals surface area contributed by atoms with Crippen LogP contribution in [0.5, 0.6) is 0 Å². The van der Waals surface area contributed by atoms with Crippen molar-refractivity contribution in [1.82, 2.24) is 18.9 Å². The Kier molecular flexibility index (Phi) is 11.8. The molecule has 377 valence electrons. The van der Waals surface area contributed by atoms with Gasteiger partial charge in [0.25, 0.3) is 0 Å². The molecule has 0 fully saturated rings. The topological polar surface area (TPSA) is 35.1 Å². The number of nitrogens with zero attached hydrogens (tertiary/aromatic N) is 4. The minimum atomic E-state index is -0.275. The first-order valence-electron chi connectivity index (χ1n) is 26.2. The van der Waals surface area contributed by atoms with Crippen LogP contribution in [0.4, 0.5) is 4.39 Å². The predicted octanol–water partition coefficient (Wildman–Crippen LogP) is 15.8. The number of para-hydroxylation sites is 3. The number of imidazole rings is 1. The summed E-state index contributed by atoms with van der Waals surface area (Å²) in [7, 11) is 0. The predicted molar refractivity (Wildman–Crippen MR) is 316 cm³/mol. The SMILES string of the molecule is CC(C)(C)c1ccc2c(c1)B1c3c(cc(-c4cc[c-]c5c4c4ccccc4n4c6ccccc6nc54)cc3-n3c4ccc(C(C)(C)C)cc4c4cc(C(C)(C)C)cc1c43)S2.Cc1cnc(-c2[c-]cc(F)cc2)cc1C.[Ir]. The van der Waals surface area contributed by atoms with Crippen LogP contribution in [0.25, 0.3) is 88.2 Å². The van der Waals surface area contributed by atoms with Crippen molar-refractivity contribution in [3.05, 3.63) is 198 Å². The molecule has 8 heteroatoms. The van der Waals surface area contributed by atoms with Gasteiger partial charge >= 0.3 is 0 Å². The smallest absolute Gasteiger partial charge is 0.249 e. The number of benzene rings is 8. The molecular formula is C68H58BFIrN4S-2. The molecule has 4 aromatic heterocycles. The minimum absolute atomic E-state index is 0. The molecule has 0 saturated carbocycles. The van der Waals surface area contributed by atoms with E-state index < -0.39 is 0 Å². The molecule has 0 aliphatic carbocycles. The van der Waals surface area contributed by atoms with Gasteiger partial charge in [-0.1, -0.05) is 162 Å². The van der Waals surface area contributed by atoms with E-state index >= 15 is 0 Å². The number of aromatic nitrogens is 4. The summed E-state index contributed by atoms with van der Waals surface area (Å²) in [6, 6.07) is 59.3. The van der Waals surface area contributed by atoms with E-state index in [-0.39, 0.29) is 48.9 Å². The number of fused-ring (bicyclic) bond motifs is 15. The molecule has 12 aromatic rings. The summed E-state index contributed by atoms with van der Waals surface area (Å²) in [5.74, 6) is -0.275. The zero-order chi connectivity index (χ0) is 52.0. The molecule has 8 aromatic carbocycles. The summed E-state index contributed by atoms with van der Waals surface area (Å²) in [6.45, 7) is 25.2. The molecule has 0 bridgehead atoms. The summed E-state index contributed by atoms with van der Waals surface area (Å²) in [4.78, 5) is 12.2. The van der Waals surface area contributed by atoms with Gasteiger partial charge in [0.05, 0.1) is 22.2 Å². The molecule has 14 rings (SSSR count). The Labute approximate surface area is 463 Å². The Bertz CT molecular complexity index is 4380. The van der Waals surface area contributed by atoms with Gasteiger partial charge in [-0.2, -0.15) is 0 Å². The normalized spacial score (nSPS) is 13.1. The Balaban J connectivity index is 0.000000315. The van der Waals surface area contributed by atoms with Crippen LogP contribution in [0, 0.1) is 31.8 Å².